The van der Waals surface area contributed by atoms with Crippen LogP contribution in [0.1, 0.15) is 219 Å². The van der Waals surface area contributed by atoms with Crippen LogP contribution in [0.5, 0.6) is 0 Å². The third-order valence-corrected chi connectivity index (χ3v) is 10.8. The first kappa shape index (κ1) is 54.8. The molecule has 0 aliphatic rings. The molecule has 57 heavy (non-hydrogen) atoms. The van der Waals surface area contributed by atoms with Crippen LogP contribution < -0.4 is 0 Å². The van der Waals surface area contributed by atoms with Gasteiger partial charge < -0.3 is 23.8 Å². The van der Waals surface area contributed by atoms with E-state index >= 15 is 0 Å². The molecule has 0 aromatic heterocycles. The summed E-state index contributed by atoms with van der Waals surface area (Å²) < 4.78 is 17.3. The largest absolute Gasteiger partial charge is 0.477 e. The Morgan fingerprint density at radius 1 is 0.509 bits per heavy atom. The number of carbonyl (C=O) groups excluding carboxylic acids is 2. The van der Waals surface area contributed by atoms with Crippen molar-refractivity contribution < 1.29 is 38.2 Å². The molecule has 0 radical (unpaired) electrons. The van der Waals surface area contributed by atoms with Crippen LogP contribution in [0.2, 0.25) is 0 Å². The summed E-state index contributed by atoms with van der Waals surface area (Å²) in [5, 5.41) is 9.62. The lowest BCUT2D eigenvalue weighted by molar-refractivity contribution is -0.887. The highest BCUT2D eigenvalue weighted by Crippen LogP contribution is 2.15. The quantitative estimate of drug-likeness (QED) is 0.0283. The van der Waals surface area contributed by atoms with Gasteiger partial charge in [-0.15, -0.1) is 0 Å². The van der Waals surface area contributed by atoms with Gasteiger partial charge in [0, 0.05) is 19.3 Å². The lowest BCUT2D eigenvalue weighted by Gasteiger charge is -2.31. The fraction of sp³-hybridized carbons (Fsp3) is 0.857. The molecule has 1 N–H and O–H groups in total. The summed E-state index contributed by atoms with van der Waals surface area (Å²) in [5.41, 5.74) is 0. The first-order chi connectivity index (χ1) is 27.6. The Hall–Kier alpha value is -2.19. The third-order valence-electron chi connectivity index (χ3n) is 10.8. The molecule has 0 amide bonds. The lowest BCUT2D eigenvalue weighted by Crippen LogP contribution is -2.50. The summed E-state index contributed by atoms with van der Waals surface area (Å²) in [4.78, 5) is 36.9. The van der Waals surface area contributed by atoms with Gasteiger partial charge in [-0.3, -0.25) is 9.59 Å². The van der Waals surface area contributed by atoms with E-state index in [0.717, 1.165) is 57.8 Å². The van der Waals surface area contributed by atoms with Crippen LogP contribution in [0.3, 0.4) is 0 Å². The van der Waals surface area contributed by atoms with Crippen LogP contribution in [0.15, 0.2) is 24.3 Å². The van der Waals surface area contributed by atoms with E-state index in [9.17, 15) is 19.5 Å². The lowest BCUT2D eigenvalue weighted by atomic mass is 10.0. The Kier molecular flexibility index (Phi) is 39.0. The summed E-state index contributed by atoms with van der Waals surface area (Å²) in [7, 11) is 5.53. The minimum Gasteiger partial charge on any atom is -0.477 e. The van der Waals surface area contributed by atoms with E-state index in [1.165, 1.54) is 128 Å². The maximum absolute atomic E-state index is 12.7. The van der Waals surface area contributed by atoms with Crippen LogP contribution in [0.4, 0.5) is 0 Å². The fourth-order valence-electron chi connectivity index (χ4n) is 7.09. The second-order valence-electron chi connectivity index (χ2n) is 17.4. The molecule has 0 saturated heterocycles. The molecule has 8 heteroatoms. The Morgan fingerprint density at radius 2 is 0.912 bits per heavy atom. The number of hydrogen-bond donors (Lipinski definition) is 1. The number of hydrogen-bond acceptors (Lipinski definition) is 6. The molecule has 0 saturated carbocycles. The first-order valence-electron chi connectivity index (χ1n) is 23.9. The Morgan fingerprint density at radius 3 is 1.33 bits per heavy atom. The number of carboxylic acids is 1. The van der Waals surface area contributed by atoms with Crippen molar-refractivity contribution in [3.8, 4) is 0 Å². The van der Waals surface area contributed by atoms with Crippen LogP contribution in [0.25, 0.3) is 0 Å². The molecule has 0 bridgehead atoms. The molecule has 334 valence electrons. The highest BCUT2D eigenvalue weighted by atomic mass is 16.6. The minimum absolute atomic E-state index is 0.0528. The van der Waals surface area contributed by atoms with Gasteiger partial charge in [0.2, 0.25) is 0 Å². The predicted molar refractivity (Wildman–Crippen MR) is 238 cm³/mol. The van der Waals surface area contributed by atoms with Crippen molar-refractivity contribution in [2.24, 2.45) is 0 Å². The first-order valence-corrected chi connectivity index (χ1v) is 23.9. The number of esters is 2. The average molecular weight is 807 g/mol. The monoisotopic (exact) mass is 807 g/mol. The normalized spacial score (nSPS) is 13.1. The molecule has 0 heterocycles. The maximum Gasteiger partial charge on any atom is 0.362 e. The molecule has 0 aliphatic heterocycles. The van der Waals surface area contributed by atoms with Gasteiger partial charge in [0.25, 0.3) is 0 Å². The van der Waals surface area contributed by atoms with E-state index < -0.39 is 18.1 Å². The van der Waals surface area contributed by atoms with E-state index in [-0.39, 0.29) is 36.2 Å². The molecule has 2 unspecified atom stereocenters. The maximum atomic E-state index is 12.7. The molecule has 0 aromatic carbocycles. The van der Waals surface area contributed by atoms with Gasteiger partial charge in [0.05, 0.1) is 34.4 Å². The van der Waals surface area contributed by atoms with Crippen molar-refractivity contribution in [2.45, 2.75) is 231 Å². The summed E-state index contributed by atoms with van der Waals surface area (Å²) in [6, 6.07) is -0.613. The van der Waals surface area contributed by atoms with Crippen LogP contribution in [0, 0.1) is 0 Å². The van der Waals surface area contributed by atoms with Crippen molar-refractivity contribution in [2.75, 3.05) is 41.0 Å². The average Bonchev–Trinajstić information content (AvgIpc) is 3.17. The molecular formula is C49H92NO7+. The van der Waals surface area contributed by atoms with Crippen LogP contribution in [-0.2, 0) is 28.6 Å². The molecule has 0 aromatic rings. The second-order valence-corrected chi connectivity index (χ2v) is 17.4. The number of aliphatic carboxylic acids is 1. The number of nitrogens with zero attached hydrogens (tertiary/aromatic N) is 1. The van der Waals surface area contributed by atoms with Gasteiger partial charge in [0.15, 0.2) is 12.1 Å². The van der Waals surface area contributed by atoms with Gasteiger partial charge in [-0.25, -0.2) is 4.79 Å². The molecular weight excluding hydrogens is 715 g/mol. The van der Waals surface area contributed by atoms with Gasteiger partial charge >= 0.3 is 17.9 Å². The third kappa shape index (κ3) is 39.1. The minimum atomic E-state index is -0.875. The highest BCUT2D eigenvalue weighted by Gasteiger charge is 2.31. The van der Waals surface area contributed by atoms with Crippen molar-refractivity contribution in [1.82, 2.24) is 0 Å². The van der Waals surface area contributed by atoms with Crippen molar-refractivity contribution >= 4 is 17.9 Å². The second kappa shape index (κ2) is 40.6. The Bertz CT molecular complexity index is 989. The summed E-state index contributed by atoms with van der Waals surface area (Å²) in [5.74, 6) is -1.47. The molecule has 0 spiro atoms. The number of carbonyl (C=O) groups is 3. The zero-order chi connectivity index (χ0) is 42.1. The summed E-state index contributed by atoms with van der Waals surface area (Å²) >= 11 is 0. The topological polar surface area (TPSA) is 99.1 Å². The van der Waals surface area contributed by atoms with E-state index in [4.69, 9.17) is 14.2 Å². The number of carboxylic acid groups (broad SMARTS) is 1. The van der Waals surface area contributed by atoms with Gasteiger partial charge in [0.1, 0.15) is 6.61 Å². The molecule has 8 nitrogen and oxygen atoms in total. The van der Waals surface area contributed by atoms with E-state index in [2.05, 4.69) is 38.2 Å². The predicted octanol–water partition coefficient (Wildman–Crippen LogP) is 13.3. The zero-order valence-electron chi connectivity index (χ0n) is 38.1. The summed E-state index contributed by atoms with van der Waals surface area (Å²) in [6.45, 7) is 4.68. The standard InChI is InChI=1S/C49H91NO7/c1-6-8-10-12-14-16-18-19-20-21-22-23-24-25-26-27-28-29-30-32-34-36-38-40-48(52)57-45(43-55-42-41-46(49(53)54)50(3,4)5)44-56-47(51)39-37-35-33-31-17-15-13-11-9-7-2/h11,13,21-22,45-46H,6-10,12,14-20,23-44H2,1-5H3/p+1/b13-11-,22-21-. The zero-order valence-corrected chi connectivity index (χ0v) is 38.1. The van der Waals surface area contributed by atoms with E-state index in [1.54, 1.807) is 0 Å². The van der Waals surface area contributed by atoms with Gasteiger partial charge in [-0.2, -0.15) is 0 Å². The van der Waals surface area contributed by atoms with Crippen LogP contribution >= 0.6 is 0 Å². The number of allylic oxidation sites excluding steroid dienone is 4. The summed E-state index contributed by atoms with van der Waals surface area (Å²) in [6.07, 6.45) is 45.2. The molecule has 2 atom stereocenters. The Labute approximate surface area is 351 Å². The van der Waals surface area contributed by atoms with Crippen molar-refractivity contribution in [3.63, 3.8) is 0 Å². The van der Waals surface area contributed by atoms with Gasteiger partial charge in [-0.05, 0) is 57.8 Å². The Balaban J connectivity index is 4.17. The van der Waals surface area contributed by atoms with Gasteiger partial charge in [-0.1, -0.05) is 167 Å². The van der Waals surface area contributed by atoms with E-state index in [1.807, 2.05) is 21.1 Å². The molecule has 0 rings (SSSR count). The van der Waals surface area contributed by atoms with Crippen LogP contribution in [-0.4, -0.2) is 80.6 Å². The number of quaternary nitrogens is 1. The number of ether oxygens (including phenoxy) is 3. The van der Waals surface area contributed by atoms with E-state index in [0.29, 0.717) is 19.3 Å². The number of unbranched alkanes of at least 4 members (excludes halogenated alkanes) is 25. The molecule has 0 fully saturated rings. The number of likely N-dealkylation sites (N-methyl/N-ethyl adjacent to an activating group) is 1. The highest BCUT2D eigenvalue weighted by molar-refractivity contribution is 5.72. The molecule has 0 aliphatic carbocycles. The van der Waals surface area contributed by atoms with Crippen molar-refractivity contribution in [3.05, 3.63) is 24.3 Å². The van der Waals surface area contributed by atoms with Crippen molar-refractivity contribution in [1.29, 1.82) is 0 Å². The number of rotatable bonds is 43. The SMILES string of the molecule is CCC/C=C\CCCCCCCC(=O)OCC(COCCC(C(=O)O)[N+](C)(C)C)OC(=O)CCCCCCCCCCCCC/C=C\CCCCCCCCCC. The smallest absolute Gasteiger partial charge is 0.362 e. The fourth-order valence-corrected chi connectivity index (χ4v) is 7.09.